The quantitative estimate of drug-likeness (QED) is 0.843. The van der Waals surface area contributed by atoms with Gasteiger partial charge in [-0.25, -0.2) is 0 Å². The molecule has 0 saturated carbocycles. The van der Waals surface area contributed by atoms with Gasteiger partial charge in [0.15, 0.2) is 0 Å². The van der Waals surface area contributed by atoms with Gasteiger partial charge >= 0.3 is 0 Å². The molecule has 0 unspecified atom stereocenters. The van der Waals surface area contributed by atoms with Gasteiger partial charge in [0.25, 0.3) is 5.91 Å². The Bertz CT molecular complexity index is 401. The lowest BCUT2D eigenvalue weighted by atomic mass is 10.0. The zero-order valence-corrected chi connectivity index (χ0v) is 11.2. The van der Waals surface area contributed by atoms with Gasteiger partial charge in [0.2, 0.25) is 0 Å². The van der Waals surface area contributed by atoms with E-state index in [1.165, 1.54) is 12.8 Å². The van der Waals surface area contributed by atoms with Crippen LogP contribution in [0.4, 0.5) is 0 Å². The number of aromatic amines is 1. The number of aryl methyl sites for hydroxylation is 1. The van der Waals surface area contributed by atoms with Crippen LogP contribution in [0.3, 0.4) is 0 Å². The summed E-state index contributed by atoms with van der Waals surface area (Å²) < 4.78 is 0. The summed E-state index contributed by atoms with van der Waals surface area (Å²) in [7, 11) is 0. The molecule has 1 atom stereocenters. The van der Waals surface area contributed by atoms with Crippen molar-refractivity contribution >= 4 is 5.91 Å². The van der Waals surface area contributed by atoms with Crippen molar-refractivity contribution in [3.63, 3.8) is 0 Å². The van der Waals surface area contributed by atoms with Crippen LogP contribution < -0.4 is 5.32 Å². The minimum Gasteiger partial charge on any atom is -0.349 e. The van der Waals surface area contributed by atoms with Crippen molar-refractivity contribution in [1.29, 1.82) is 0 Å². The van der Waals surface area contributed by atoms with Crippen molar-refractivity contribution in [2.45, 2.75) is 26.7 Å². The van der Waals surface area contributed by atoms with Gasteiger partial charge in [0.1, 0.15) is 5.69 Å². The Morgan fingerprint density at radius 1 is 1.67 bits per heavy atom. The lowest BCUT2D eigenvalue weighted by molar-refractivity contribution is 0.0939. The number of hydrogen-bond donors (Lipinski definition) is 2. The summed E-state index contributed by atoms with van der Waals surface area (Å²) in [6.07, 6.45) is 2.60. The Morgan fingerprint density at radius 2 is 2.50 bits per heavy atom. The SMILES string of the molecule is Cc1cc(C(=O)NCCN2CCC[C@H](C)C2)n[nH]1. The highest BCUT2D eigenvalue weighted by atomic mass is 16.1. The maximum atomic E-state index is 11.8. The molecule has 2 N–H and O–H groups in total. The molecule has 5 heteroatoms. The molecule has 1 aliphatic rings. The predicted molar refractivity (Wildman–Crippen MR) is 70.5 cm³/mol. The van der Waals surface area contributed by atoms with Gasteiger partial charge in [-0.3, -0.25) is 9.89 Å². The highest BCUT2D eigenvalue weighted by Crippen LogP contribution is 2.14. The van der Waals surface area contributed by atoms with E-state index in [-0.39, 0.29) is 5.91 Å². The molecule has 0 radical (unpaired) electrons. The minimum atomic E-state index is -0.0931. The molecule has 5 nitrogen and oxygen atoms in total. The average Bonchev–Trinajstić information content (AvgIpc) is 2.76. The number of nitrogens with zero attached hydrogens (tertiary/aromatic N) is 2. The van der Waals surface area contributed by atoms with Crippen LogP contribution in [0.25, 0.3) is 0 Å². The largest absolute Gasteiger partial charge is 0.349 e. The van der Waals surface area contributed by atoms with Gasteiger partial charge in [-0.2, -0.15) is 5.10 Å². The number of likely N-dealkylation sites (tertiary alicyclic amines) is 1. The topological polar surface area (TPSA) is 61.0 Å². The van der Waals surface area contributed by atoms with Crippen LogP contribution in [-0.2, 0) is 0 Å². The smallest absolute Gasteiger partial charge is 0.271 e. The minimum absolute atomic E-state index is 0.0931. The molecular weight excluding hydrogens is 228 g/mol. The van der Waals surface area contributed by atoms with Crippen molar-refractivity contribution in [3.8, 4) is 0 Å². The molecule has 1 amide bonds. The number of carbonyl (C=O) groups is 1. The fourth-order valence-electron chi connectivity index (χ4n) is 2.44. The second kappa shape index (κ2) is 6.00. The molecule has 0 spiro atoms. The van der Waals surface area contributed by atoms with Gasteiger partial charge < -0.3 is 10.2 Å². The van der Waals surface area contributed by atoms with Crippen molar-refractivity contribution in [3.05, 3.63) is 17.5 Å². The lowest BCUT2D eigenvalue weighted by Gasteiger charge is -2.30. The zero-order chi connectivity index (χ0) is 13.0. The molecule has 1 fully saturated rings. The monoisotopic (exact) mass is 250 g/mol. The van der Waals surface area contributed by atoms with Crippen LogP contribution in [0.2, 0.25) is 0 Å². The number of aromatic nitrogens is 2. The van der Waals surface area contributed by atoms with Gasteiger partial charge in [0.05, 0.1) is 0 Å². The van der Waals surface area contributed by atoms with Crippen LogP contribution in [0.5, 0.6) is 0 Å². The van der Waals surface area contributed by atoms with Gasteiger partial charge in [-0.05, 0) is 38.3 Å². The van der Waals surface area contributed by atoms with Crippen LogP contribution in [-0.4, -0.2) is 47.2 Å². The normalized spacial score (nSPS) is 20.9. The number of piperidine rings is 1. The zero-order valence-electron chi connectivity index (χ0n) is 11.2. The van der Waals surface area contributed by atoms with Gasteiger partial charge in [0, 0.05) is 25.3 Å². The number of hydrogen-bond acceptors (Lipinski definition) is 3. The van der Waals surface area contributed by atoms with E-state index in [4.69, 9.17) is 0 Å². The summed E-state index contributed by atoms with van der Waals surface area (Å²) in [5.74, 6) is 0.688. The summed E-state index contributed by atoms with van der Waals surface area (Å²) >= 11 is 0. The molecule has 1 aliphatic heterocycles. The maximum Gasteiger partial charge on any atom is 0.271 e. The molecule has 0 bridgehead atoms. The van der Waals surface area contributed by atoms with Gasteiger partial charge in [-0.15, -0.1) is 0 Å². The third-order valence-corrected chi connectivity index (χ3v) is 3.39. The summed E-state index contributed by atoms with van der Waals surface area (Å²) in [6, 6.07) is 1.76. The number of carbonyl (C=O) groups excluding carboxylic acids is 1. The first kappa shape index (κ1) is 13.1. The number of rotatable bonds is 4. The van der Waals surface area contributed by atoms with E-state index in [1.807, 2.05) is 6.92 Å². The molecular formula is C13H22N4O. The average molecular weight is 250 g/mol. The first-order chi connectivity index (χ1) is 8.65. The molecule has 1 aromatic rings. The highest BCUT2D eigenvalue weighted by molar-refractivity contribution is 5.92. The Labute approximate surface area is 108 Å². The molecule has 2 heterocycles. The Morgan fingerprint density at radius 3 is 3.17 bits per heavy atom. The Kier molecular flexibility index (Phi) is 4.36. The molecule has 18 heavy (non-hydrogen) atoms. The van der Waals surface area contributed by atoms with E-state index < -0.39 is 0 Å². The van der Waals surface area contributed by atoms with Crippen LogP contribution in [0.1, 0.15) is 35.9 Å². The van der Waals surface area contributed by atoms with Crippen molar-refractivity contribution < 1.29 is 4.79 Å². The van der Waals surface area contributed by atoms with E-state index >= 15 is 0 Å². The molecule has 1 saturated heterocycles. The lowest BCUT2D eigenvalue weighted by Crippen LogP contribution is -2.40. The summed E-state index contributed by atoms with van der Waals surface area (Å²) in [5, 5.41) is 9.63. The molecule has 1 aromatic heterocycles. The molecule has 2 rings (SSSR count). The van der Waals surface area contributed by atoms with Crippen LogP contribution in [0.15, 0.2) is 6.07 Å². The third kappa shape index (κ3) is 3.57. The number of amides is 1. The van der Waals surface area contributed by atoms with Crippen molar-refractivity contribution in [1.82, 2.24) is 20.4 Å². The molecule has 100 valence electrons. The van der Waals surface area contributed by atoms with E-state index in [2.05, 4.69) is 27.3 Å². The third-order valence-electron chi connectivity index (χ3n) is 3.39. The number of nitrogens with one attached hydrogen (secondary N) is 2. The second-order valence-electron chi connectivity index (χ2n) is 5.24. The predicted octanol–water partition coefficient (Wildman–Crippen LogP) is 1.18. The van der Waals surface area contributed by atoms with E-state index in [1.54, 1.807) is 6.07 Å². The van der Waals surface area contributed by atoms with E-state index in [0.29, 0.717) is 12.2 Å². The first-order valence-corrected chi connectivity index (χ1v) is 6.67. The van der Waals surface area contributed by atoms with Crippen molar-refractivity contribution in [2.75, 3.05) is 26.2 Å². The van der Waals surface area contributed by atoms with Crippen LogP contribution >= 0.6 is 0 Å². The fourth-order valence-corrected chi connectivity index (χ4v) is 2.44. The van der Waals surface area contributed by atoms with Gasteiger partial charge in [-0.1, -0.05) is 6.92 Å². The summed E-state index contributed by atoms with van der Waals surface area (Å²) in [4.78, 5) is 14.2. The fraction of sp³-hybridized carbons (Fsp3) is 0.692. The van der Waals surface area contributed by atoms with Crippen LogP contribution in [0, 0.1) is 12.8 Å². The molecule has 0 aliphatic carbocycles. The maximum absolute atomic E-state index is 11.8. The highest BCUT2D eigenvalue weighted by Gasteiger charge is 2.16. The van der Waals surface area contributed by atoms with E-state index in [0.717, 1.165) is 31.2 Å². The number of H-pyrrole nitrogens is 1. The van der Waals surface area contributed by atoms with E-state index in [9.17, 15) is 4.79 Å². The summed E-state index contributed by atoms with van der Waals surface area (Å²) in [5.41, 5.74) is 1.38. The Hall–Kier alpha value is -1.36. The standard InChI is InChI=1S/C13H22N4O/c1-10-4-3-6-17(9-10)7-5-14-13(18)12-8-11(2)15-16-12/h8,10H,3-7,9H2,1-2H3,(H,14,18)(H,15,16)/t10-/m0/s1. The first-order valence-electron chi connectivity index (χ1n) is 6.67. The Balaban J connectivity index is 1.70. The van der Waals surface area contributed by atoms with Crippen molar-refractivity contribution in [2.24, 2.45) is 5.92 Å². The second-order valence-corrected chi connectivity index (χ2v) is 5.24. The summed E-state index contributed by atoms with van der Waals surface area (Å²) in [6.45, 7) is 8.10. The molecule has 0 aromatic carbocycles.